The second-order valence-electron chi connectivity index (χ2n) is 20.5. The maximum absolute atomic E-state index is 14.0. The van der Waals surface area contributed by atoms with Gasteiger partial charge in [0.25, 0.3) is 0 Å². The van der Waals surface area contributed by atoms with E-state index < -0.39 is 40.7 Å². The van der Waals surface area contributed by atoms with E-state index >= 15 is 0 Å². The van der Waals surface area contributed by atoms with Gasteiger partial charge in [0.1, 0.15) is 85.1 Å². The molecule has 0 aromatic heterocycles. The van der Waals surface area contributed by atoms with Gasteiger partial charge < -0.3 is 38.6 Å². The van der Waals surface area contributed by atoms with Crippen LogP contribution in [0, 0.1) is 23.7 Å². The SMILES string of the molecule is CC(C)(O)C#Cc1ccc(Oc2ccc(S(=O)(=O)c3ccc(Oc4ccc(Oc5ccc(S(=O)(=O)c6ccccc6Oc6ccc(Oc7ccc(S(=O)(=O)c8ccc(Oc9ccc(C#CC(C)(C)O)cc9)cc8)cc7)cc6)cc5)cc4)cc3)cc2)cc1. The maximum Gasteiger partial charge on any atom is 0.210 e. The second-order valence-corrected chi connectivity index (χ2v) is 26.4. The van der Waals surface area contributed by atoms with Gasteiger partial charge in [-0.15, -0.1) is 0 Å². The van der Waals surface area contributed by atoms with Crippen molar-refractivity contribution in [3.8, 4) is 92.7 Å². The van der Waals surface area contributed by atoms with Crippen molar-refractivity contribution in [2.75, 3.05) is 0 Å². The Labute approximate surface area is 505 Å². The normalized spacial score (nSPS) is 11.7. The topological polar surface area (TPSA) is 198 Å². The Balaban J connectivity index is 0.696. The number of rotatable bonds is 18. The minimum atomic E-state index is -4.08. The van der Waals surface area contributed by atoms with Crippen LogP contribution in [0.4, 0.5) is 0 Å². The van der Waals surface area contributed by atoms with Gasteiger partial charge in [-0.05, 0) is 258 Å². The first-order valence-corrected chi connectivity index (χ1v) is 31.3. The van der Waals surface area contributed by atoms with E-state index in [0.29, 0.717) is 74.4 Å². The van der Waals surface area contributed by atoms with Crippen molar-refractivity contribution >= 4 is 29.5 Å². The van der Waals surface area contributed by atoms with Crippen LogP contribution in [0.5, 0.6) is 69.0 Å². The monoisotopic (exact) mass is 1210 g/mol. The zero-order valence-electron chi connectivity index (χ0n) is 47.1. The Morgan fingerprint density at radius 1 is 0.276 bits per heavy atom. The van der Waals surface area contributed by atoms with Gasteiger partial charge in [-0.3, -0.25) is 0 Å². The van der Waals surface area contributed by atoms with Crippen LogP contribution in [-0.2, 0) is 29.5 Å². The number of benzene rings is 10. The molecule has 0 bridgehead atoms. The Bertz CT molecular complexity index is 4540. The molecule has 0 saturated carbocycles. The Morgan fingerprint density at radius 2 is 0.483 bits per heavy atom. The number of para-hydroxylation sites is 1. The molecule has 87 heavy (non-hydrogen) atoms. The van der Waals surface area contributed by atoms with Gasteiger partial charge in [0.15, 0.2) is 0 Å². The van der Waals surface area contributed by atoms with E-state index in [4.69, 9.17) is 28.4 Å². The molecule has 0 unspecified atom stereocenters. The lowest BCUT2D eigenvalue weighted by Gasteiger charge is -2.13. The zero-order valence-corrected chi connectivity index (χ0v) is 49.6. The summed E-state index contributed by atoms with van der Waals surface area (Å²) in [4.78, 5) is 0.250. The van der Waals surface area contributed by atoms with Crippen molar-refractivity contribution in [3.05, 3.63) is 254 Å². The van der Waals surface area contributed by atoms with E-state index in [1.165, 1.54) is 66.7 Å². The summed E-state index contributed by atoms with van der Waals surface area (Å²) in [6.07, 6.45) is 0. The molecule has 10 aromatic rings. The van der Waals surface area contributed by atoms with Gasteiger partial charge in [0.2, 0.25) is 29.5 Å². The summed E-state index contributed by atoms with van der Waals surface area (Å²) >= 11 is 0. The molecule has 2 N–H and O–H groups in total. The van der Waals surface area contributed by atoms with Crippen LogP contribution in [0.1, 0.15) is 38.8 Å². The van der Waals surface area contributed by atoms with Crippen molar-refractivity contribution in [2.24, 2.45) is 0 Å². The predicted octanol–water partition coefficient (Wildman–Crippen LogP) is 15.2. The molecule has 0 saturated heterocycles. The number of hydrogen-bond acceptors (Lipinski definition) is 14. The molecule has 17 heteroatoms. The van der Waals surface area contributed by atoms with Crippen molar-refractivity contribution in [1.82, 2.24) is 0 Å². The molecule has 10 rings (SSSR count). The lowest BCUT2D eigenvalue weighted by Crippen LogP contribution is -2.14. The summed E-state index contributed by atoms with van der Waals surface area (Å²) in [7, 11) is -11.8. The highest BCUT2D eigenvalue weighted by Gasteiger charge is 2.24. The van der Waals surface area contributed by atoms with E-state index in [-0.39, 0.29) is 35.1 Å². The molecular formula is C70H54O14S3. The fourth-order valence-electron chi connectivity index (χ4n) is 8.21. The van der Waals surface area contributed by atoms with Crippen molar-refractivity contribution < 1.29 is 63.9 Å². The Kier molecular flexibility index (Phi) is 17.4. The molecule has 14 nitrogen and oxygen atoms in total. The van der Waals surface area contributed by atoms with Gasteiger partial charge in [-0.2, -0.15) is 0 Å². The first-order chi connectivity index (χ1) is 41.5. The van der Waals surface area contributed by atoms with Crippen LogP contribution in [0.15, 0.2) is 272 Å². The van der Waals surface area contributed by atoms with Gasteiger partial charge in [-0.25, -0.2) is 25.3 Å². The third-order valence-corrected chi connectivity index (χ3v) is 18.0. The minimum absolute atomic E-state index is 0.00637. The van der Waals surface area contributed by atoms with Crippen molar-refractivity contribution in [1.29, 1.82) is 0 Å². The Morgan fingerprint density at radius 3 is 0.736 bits per heavy atom. The highest BCUT2D eigenvalue weighted by atomic mass is 32.2. The molecule has 0 atom stereocenters. The van der Waals surface area contributed by atoms with Crippen LogP contribution in [0.25, 0.3) is 0 Å². The number of ether oxygens (including phenoxy) is 6. The van der Waals surface area contributed by atoms with Gasteiger partial charge in [0.05, 0.1) is 24.5 Å². The molecular weight excluding hydrogens is 1160 g/mol. The van der Waals surface area contributed by atoms with Gasteiger partial charge in [0, 0.05) is 11.1 Å². The molecule has 0 aliphatic carbocycles. The van der Waals surface area contributed by atoms with Gasteiger partial charge in [-0.1, -0.05) is 35.8 Å². The number of aliphatic hydroxyl groups is 2. The molecule has 0 spiro atoms. The third kappa shape index (κ3) is 15.6. The largest absolute Gasteiger partial charge is 0.457 e. The summed E-state index contributed by atoms with van der Waals surface area (Å²) in [5.41, 5.74) is -0.807. The third-order valence-electron chi connectivity index (χ3n) is 12.6. The molecule has 0 fully saturated rings. The fraction of sp³-hybridized carbons (Fsp3) is 0.0857. The first-order valence-electron chi connectivity index (χ1n) is 26.8. The summed E-state index contributed by atoms with van der Waals surface area (Å²) in [6.45, 7) is 6.41. The van der Waals surface area contributed by atoms with E-state index in [1.54, 1.807) is 204 Å². The quantitative estimate of drug-likeness (QED) is 0.0769. The van der Waals surface area contributed by atoms with Crippen molar-refractivity contribution in [2.45, 2.75) is 68.3 Å². The highest BCUT2D eigenvalue weighted by molar-refractivity contribution is 7.92. The highest BCUT2D eigenvalue weighted by Crippen LogP contribution is 2.37. The average Bonchev–Trinajstić information content (AvgIpc) is 2.94. The predicted molar refractivity (Wildman–Crippen MR) is 328 cm³/mol. The molecule has 0 aliphatic heterocycles. The smallest absolute Gasteiger partial charge is 0.210 e. The molecule has 0 heterocycles. The van der Waals surface area contributed by atoms with Crippen LogP contribution >= 0.6 is 0 Å². The van der Waals surface area contributed by atoms with Crippen LogP contribution in [0.3, 0.4) is 0 Å². The zero-order chi connectivity index (χ0) is 61.4. The molecule has 0 radical (unpaired) electrons. The summed E-state index contributed by atoms with van der Waals surface area (Å²) < 4.78 is 118. The molecule has 0 aliphatic rings. The summed E-state index contributed by atoms with van der Waals surface area (Å²) in [6, 6.07) is 63.7. The standard InChI is InChI=1S/C70H54O14S3/c1-69(2,71)47-45-49-9-13-51(14-10-49)79-56-25-35-62(36-26-56)85(73,74)64-39-29-58(30-40-64)81-53-17-19-54(20-18-53)82-60-33-43-66(44-34-60)87(77,78)68-8-6-5-7-67(68)84-61-23-21-55(22-24-61)83-59-31-41-65(42-32-59)86(75,76)63-37-27-57(28-38-63)80-52-15-11-50(12-16-52)46-48-70(3,4)72/h5-44,71-72H,1-4H3. The lowest BCUT2D eigenvalue weighted by atomic mass is 10.1. The fourth-order valence-corrected chi connectivity index (χ4v) is 12.1. The summed E-state index contributed by atoms with van der Waals surface area (Å²) in [5.74, 6) is 16.2. The number of sulfone groups is 3. The Hall–Kier alpha value is -10.1. The maximum atomic E-state index is 14.0. The second kappa shape index (κ2) is 25.2. The minimum Gasteiger partial charge on any atom is -0.457 e. The molecule has 0 amide bonds. The number of hydrogen-bond donors (Lipinski definition) is 2. The van der Waals surface area contributed by atoms with E-state index in [0.717, 1.165) is 0 Å². The molecule has 10 aromatic carbocycles. The van der Waals surface area contributed by atoms with Crippen LogP contribution in [0.2, 0.25) is 0 Å². The van der Waals surface area contributed by atoms with Gasteiger partial charge >= 0.3 is 0 Å². The van der Waals surface area contributed by atoms with Crippen LogP contribution in [-0.4, -0.2) is 46.7 Å². The van der Waals surface area contributed by atoms with E-state index in [1.807, 2.05) is 0 Å². The van der Waals surface area contributed by atoms with E-state index in [2.05, 4.69) is 23.7 Å². The summed E-state index contributed by atoms with van der Waals surface area (Å²) in [5, 5.41) is 19.7. The first kappa shape index (κ1) is 60.0. The average molecular weight is 1220 g/mol. The van der Waals surface area contributed by atoms with Crippen LogP contribution < -0.4 is 28.4 Å². The lowest BCUT2D eigenvalue weighted by molar-refractivity contribution is 0.143. The van der Waals surface area contributed by atoms with E-state index in [9.17, 15) is 35.5 Å². The van der Waals surface area contributed by atoms with Crippen molar-refractivity contribution in [3.63, 3.8) is 0 Å². The molecule has 436 valence electrons.